The second kappa shape index (κ2) is 6.60. The van der Waals surface area contributed by atoms with Gasteiger partial charge >= 0.3 is 0 Å². The normalized spacial score (nSPS) is 13.6. The van der Waals surface area contributed by atoms with Gasteiger partial charge in [0.05, 0.1) is 6.20 Å². The Morgan fingerprint density at radius 3 is 2.77 bits per heavy atom. The van der Waals surface area contributed by atoms with Crippen molar-refractivity contribution in [1.29, 1.82) is 0 Å². The highest BCUT2D eigenvalue weighted by Gasteiger charge is 2.32. The third-order valence-corrected chi connectivity index (χ3v) is 5.16. The van der Waals surface area contributed by atoms with Crippen LogP contribution in [0.5, 0.6) is 0 Å². The minimum atomic E-state index is -1.66. The molecular formula is C21H18FN7O. The Morgan fingerprint density at radius 1 is 1.17 bits per heavy atom. The lowest BCUT2D eigenvalue weighted by Crippen LogP contribution is -2.26. The van der Waals surface area contributed by atoms with Crippen LogP contribution in [-0.4, -0.2) is 40.0 Å². The molecule has 150 valence electrons. The van der Waals surface area contributed by atoms with E-state index in [0.717, 1.165) is 22.1 Å². The molecule has 0 saturated heterocycles. The number of nitrogens with one attached hydrogen (secondary N) is 2. The van der Waals surface area contributed by atoms with Crippen LogP contribution in [0.2, 0.25) is 0 Å². The largest absolute Gasteiger partial charge is 0.377 e. The van der Waals surface area contributed by atoms with Gasteiger partial charge in [-0.25, -0.2) is 14.4 Å². The zero-order valence-electron chi connectivity index (χ0n) is 16.3. The summed E-state index contributed by atoms with van der Waals surface area (Å²) in [6.07, 6.45) is 7.21. The molecule has 1 unspecified atom stereocenters. The van der Waals surface area contributed by atoms with Crippen LogP contribution in [0, 0.1) is 5.82 Å². The van der Waals surface area contributed by atoms with Crippen LogP contribution in [0.4, 0.5) is 4.39 Å². The average Bonchev–Trinajstić information content (AvgIpc) is 3.46. The number of hydrogen-bond acceptors (Lipinski definition) is 5. The van der Waals surface area contributed by atoms with Crippen LogP contribution in [0.15, 0.2) is 55.1 Å². The SMILES string of the molecule is Cn1cc(-c2cnc3[nH]cc(-c4n[nH]c(C(C)(O)c5ccccc5F)n4)c3c2)cn1. The summed E-state index contributed by atoms with van der Waals surface area (Å²) in [5.74, 6) is 0.00387. The van der Waals surface area contributed by atoms with Crippen molar-refractivity contribution in [1.82, 2.24) is 34.9 Å². The zero-order chi connectivity index (χ0) is 20.9. The summed E-state index contributed by atoms with van der Waals surface area (Å²) in [7, 11) is 1.85. The van der Waals surface area contributed by atoms with E-state index in [0.29, 0.717) is 11.5 Å². The molecule has 0 aliphatic carbocycles. The molecule has 3 N–H and O–H groups in total. The molecule has 0 radical (unpaired) electrons. The van der Waals surface area contributed by atoms with Gasteiger partial charge in [0, 0.05) is 53.3 Å². The Kier molecular flexibility index (Phi) is 4.00. The molecule has 0 spiro atoms. The third-order valence-electron chi connectivity index (χ3n) is 5.16. The Bertz CT molecular complexity index is 1360. The molecule has 9 heteroatoms. The lowest BCUT2D eigenvalue weighted by Gasteiger charge is -2.21. The molecular weight excluding hydrogens is 385 g/mol. The van der Waals surface area contributed by atoms with Gasteiger partial charge in [-0.15, -0.1) is 0 Å². The predicted molar refractivity (Wildman–Crippen MR) is 109 cm³/mol. The topological polar surface area (TPSA) is 108 Å². The number of halogens is 1. The summed E-state index contributed by atoms with van der Waals surface area (Å²) >= 11 is 0. The van der Waals surface area contributed by atoms with Gasteiger partial charge in [-0.05, 0) is 19.1 Å². The second-order valence-corrected chi connectivity index (χ2v) is 7.28. The van der Waals surface area contributed by atoms with Crippen LogP contribution in [0.25, 0.3) is 33.5 Å². The number of aromatic nitrogens is 7. The molecule has 1 aromatic carbocycles. The van der Waals surface area contributed by atoms with Gasteiger partial charge in [-0.3, -0.25) is 9.78 Å². The van der Waals surface area contributed by atoms with Crippen LogP contribution in [0.3, 0.4) is 0 Å². The Hall–Kier alpha value is -3.85. The fourth-order valence-electron chi connectivity index (χ4n) is 3.50. The lowest BCUT2D eigenvalue weighted by molar-refractivity contribution is 0.0885. The number of benzene rings is 1. The van der Waals surface area contributed by atoms with Crippen LogP contribution >= 0.6 is 0 Å². The number of rotatable bonds is 4. The zero-order valence-corrected chi connectivity index (χ0v) is 16.3. The smallest absolute Gasteiger partial charge is 0.183 e. The van der Waals surface area contributed by atoms with Gasteiger partial charge in [0.1, 0.15) is 17.1 Å². The minimum absolute atomic E-state index is 0.118. The molecule has 0 fully saturated rings. The Balaban J connectivity index is 1.57. The molecule has 4 heterocycles. The van der Waals surface area contributed by atoms with E-state index in [-0.39, 0.29) is 11.4 Å². The molecule has 5 rings (SSSR count). The fourth-order valence-corrected chi connectivity index (χ4v) is 3.50. The molecule has 0 amide bonds. The number of pyridine rings is 1. The first-order valence-corrected chi connectivity index (χ1v) is 9.30. The van der Waals surface area contributed by atoms with Gasteiger partial charge in [0.15, 0.2) is 11.6 Å². The van der Waals surface area contributed by atoms with Gasteiger partial charge in [-0.2, -0.15) is 10.2 Å². The highest BCUT2D eigenvalue weighted by Crippen LogP contribution is 2.32. The number of aryl methyl sites for hydroxylation is 1. The third kappa shape index (κ3) is 2.87. The van der Waals surface area contributed by atoms with Crippen molar-refractivity contribution in [2.24, 2.45) is 7.05 Å². The lowest BCUT2D eigenvalue weighted by atomic mass is 9.95. The molecule has 0 bridgehead atoms. The molecule has 0 saturated carbocycles. The first-order chi connectivity index (χ1) is 14.4. The number of hydrogen-bond donors (Lipinski definition) is 3. The predicted octanol–water partition coefficient (Wildman–Crippen LogP) is 3.14. The van der Waals surface area contributed by atoms with Gasteiger partial charge in [0.25, 0.3) is 0 Å². The van der Waals surface area contributed by atoms with Crippen molar-refractivity contribution in [2.75, 3.05) is 0 Å². The Morgan fingerprint density at radius 2 is 2.00 bits per heavy atom. The summed E-state index contributed by atoms with van der Waals surface area (Å²) in [5, 5.41) is 23.0. The van der Waals surface area contributed by atoms with Crippen molar-refractivity contribution in [3.8, 4) is 22.5 Å². The van der Waals surface area contributed by atoms with Crippen molar-refractivity contribution < 1.29 is 9.50 Å². The minimum Gasteiger partial charge on any atom is -0.377 e. The molecule has 4 aromatic heterocycles. The van der Waals surface area contributed by atoms with E-state index in [4.69, 9.17) is 0 Å². The maximum absolute atomic E-state index is 14.2. The van der Waals surface area contributed by atoms with Crippen LogP contribution in [0.1, 0.15) is 18.3 Å². The fraction of sp³-hybridized carbons (Fsp3) is 0.143. The van der Waals surface area contributed by atoms with Gasteiger partial charge in [-0.1, -0.05) is 18.2 Å². The van der Waals surface area contributed by atoms with E-state index in [1.54, 1.807) is 35.4 Å². The highest BCUT2D eigenvalue weighted by molar-refractivity contribution is 5.94. The molecule has 8 nitrogen and oxygen atoms in total. The van der Waals surface area contributed by atoms with E-state index in [1.807, 2.05) is 19.3 Å². The summed E-state index contributed by atoms with van der Waals surface area (Å²) in [6, 6.07) is 8.03. The maximum Gasteiger partial charge on any atom is 0.183 e. The van der Waals surface area contributed by atoms with E-state index in [2.05, 4.69) is 30.2 Å². The summed E-state index contributed by atoms with van der Waals surface area (Å²) in [5.41, 5.74) is 1.71. The first-order valence-electron chi connectivity index (χ1n) is 9.30. The van der Waals surface area contributed by atoms with Crippen LogP contribution < -0.4 is 0 Å². The second-order valence-electron chi connectivity index (χ2n) is 7.28. The van der Waals surface area contributed by atoms with Crippen LogP contribution in [-0.2, 0) is 12.6 Å². The number of H-pyrrole nitrogens is 2. The quantitative estimate of drug-likeness (QED) is 0.427. The highest BCUT2D eigenvalue weighted by atomic mass is 19.1. The maximum atomic E-state index is 14.2. The van der Waals surface area contributed by atoms with Gasteiger partial charge < -0.3 is 10.1 Å². The standard InChI is InChI=1S/C21H18FN7O/c1-21(30,16-5-3-4-6-17(16)22)20-26-19(27-28-20)15-10-24-18-14(15)7-12(8-23-18)13-9-25-29(2)11-13/h3-11,30H,1-2H3,(H,23,24)(H,26,27,28). The Labute approximate surface area is 170 Å². The van der Waals surface area contributed by atoms with E-state index >= 15 is 0 Å². The van der Waals surface area contributed by atoms with Crippen molar-refractivity contribution in [3.63, 3.8) is 0 Å². The number of aliphatic hydroxyl groups is 1. The van der Waals surface area contributed by atoms with E-state index in [1.165, 1.54) is 19.1 Å². The molecule has 30 heavy (non-hydrogen) atoms. The number of aromatic amines is 2. The summed E-state index contributed by atoms with van der Waals surface area (Å²) in [4.78, 5) is 12.0. The molecule has 5 aromatic rings. The first kappa shape index (κ1) is 18.2. The molecule has 0 aliphatic rings. The molecule has 0 aliphatic heterocycles. The van der Waals surface area contributed by atoms with Crippen molar-refractivity contribution in [3.05, 3.63) is 72.3 Å². The number of nitrogens with zero attached hydrogens (tertiary/aromatic N) is 5. The van der Waals surface area contributed by atoms with E-state index in [9.17, 15) is 9.50 Å². The van der Waals surface area contributed by atoms with E-state index < -0.39 is 11.4 Å². The average molecular weight is 403 g/mol. The summed E-state index contributed by atoms with van der Waals surface area (Å²) < 4.78 is 16.0. The van der Waals surface area contributed by atoms with Crippen molar-refractivity contribution in [2.45, 2.75) is 12.5 Å². The monoisotopic (exact) mass is 403 g/mol. The summed E-state index contributed by atoms with van der Waals surface area (Å²) in [6.45, 7) is 1.48. The molecule has 1 atom stereocenters. The van der Waals surface area contributed by atoms with Gasteiger partial charge in [0.2, 0.25) is 0 Å². The van der Waals surface area contributed by atoms with Crippen molar-refractivity contribution >= 4 is 11.0 Å². The number of fused-ring (bicyclic) bond motifs is 1.